The Balaban J connectivity index is 1.55. The third-order valence-corrected chi connectivity index (χ3v) is 4.95. The molecule has 0 aromatic carbocycles. The Bertz CT molecular complexity index is 520. The maximum atomic E-state index is 12.6. The van der Waals surface area contributed by atoms with Crippen LogP contribution < -0.4 is 4.74 Å². The van der Waals surface area contributed by atoms with Crippen LogP contribution in [0.2, 0.25) is 0 Å². The Morgan fingerprint density at radius 2 is 2.17 bits per heavy atom. The van der Waals surface area contributed by atoms with Gasteiger partial charge in [0, 0.05) is 39.0 Å². The van der Waals surface area contributed by atoms with Gasteiger partial charge in [-0.25, -0.2) is 0 Å². The fraction of sp³-hybridized carbons (Fsp3) is 0.667. The Hall–Kier alpha value is -1.66. The Morgan fingerprint density at radius 3 is 2.88 bits per heavy atom. The van der Waals surface area contributed by atoms with Crippen LogP contribution in [0, 0.1) is 0 Å². The van der Waals surface area contributed by atoms with Gasteiger partial charge in [-0.2, -0.15) is 0 Å². The first-order valence-electron chi connectivity index (χ1n) is 8.83. The average molecular weight is 333 g/mol. The minimum atomic E-state index is 0.168. The largest absolute Gasteiger partial charge is 0.490 e. The zero-order valence-electron chi connectivity index (χ0n) is 14.4. The van der Waals surface area contributed by atoms with Gasteiger partial charge in [0.25, 0.3) is 0 Å². The smallest absolute Gasteiger partial charge is 0.236 e. The summed E-state index contributed by atoms with van der Waals surface area (Å²) >= 11 is 0. The van der Waals surface area contributed by atoms with Crippen molar-refractivity contribution in [2.45, 2.75) is 37.8 Å². The van der Waals surface area contributed by atoms with E-state index in [0.29, 0.717) is 13.2 Å². The van der Waals surface area contributed by atoms with Crippen molar-refractivity contribution < 1.29 is 14.3 Å². The molecule has 2 fully saturated rings. The summed E-state index contributed by atoms with van der Waals surface area (Å²) in [5, 5.41) is 0. The van der Waals surface area contributed by atoms with Gasteiger partial charge in [-0.1, -0.05) is 0 Å². The van der Waals surface area contributed by atoms with Crippen molar-refractivity contribution in [3.05, 3.63) is 24.5 Å². The molecule has 0 N–H and O–H groups in total. The summed E-state index contributed by atoms with van der Waals surface area (Å²) in [4.78, 5) is 20.8. The second-order valence-electron chi connectivity index (χ2n) is 6.62. The first-order valence-corrected chi connectivity index (χ1v) is 8.83. The Kier molecular flexibility index (Phi) is 6.04. The van der Waals surface area contributed by atoms with Crippen LogP contribution in [0.5, 0.6) is 5.75 Å². The SMILES string of the molecule is CO[C@@H]1C[C@@H](COc2cccnc2)N(CC(=O)N2CCCCC2)C1. The quantitative estimate of drug-likeness (QED) is 0.791. The third kappa shape index (κ3) is 4.45. The van der Waals surface area contributed by atoms with E-state index >= 15 is 0 Å². The number of carbonyl (C=O) groups is 1. The lowest BCUT2D eigenvalue weighted by Crippen LogP contribution is -2.45. The van der Waals surface area contributed by atoms with Crippen LogP contribution in [0.15, 0.2) is 24.5 Å². The van der Waals surface area contributed by atoms with E-state index < -0.39 is 0 Å². The highest BCUT2D eigenvalue weighted by Gasteiger charge is 2.34. The number of pyridine rings is 1. The average Bonchev–Trinajstić information content (AvgIpc) is 3.03. The summed E-state index contributed by atoms with van der Waals surface area (Å²) in [5.74, 6) is 0.999. The fourth-order valence-electron chi connectivity index (χ4n) is 3.52. The van der Waals surface area contributed by atoms with Crippen molar-refractivity contribution in [1.82, 2.24) is 14.8 Å². The van der Waals surface area contributed by atoms with Gasteiger partial charge >= 0.3 is 0 Å². The lowest BCUT2D eigenvalue weighted by Gasteiger charge is -2.30. The van der Waals surface area contributed by atoms with Crippen LogP contribution in [0.25, 0.3) is 0 Å². The van der Waals surface area contributed by atoms with E-state index in [4.69, 9.17) is 9.47 Å². The molecule has 3 heterocycles. The second kappa shape index (κ2) is 8.44. The van der Waals surface area contributed by atoms with Crippen LogP contribution in [0.3, 0.4) is 0 Å². The van der Waals surface area contributed by atoms with E-state index in [9.17, 15) is 4.79 Å². The first-order chi connectivity index (χ1) is 11.8. The zero-order valence-corrected chi connectivity index (χ0v) is 14.4. The molecule has 1 aromatic rings. The summed E-state index contributed by atoms with van der Waals surface area (Å²) in [6, 6.07) is 3.96. The number of likely N-dealkylation sites (tertiary alicyclic amines) is 2. The van der Waals surface area contributed by atoms with Crippen LogP contribution in [-0.2, 0) is 9.53 Å². The minimum Gasteiger partial charge on any atom is -0.490 e. The topological polar surface area (TPSA) is 54.9 Å². The van der Waals surface area contributed by atoms with Crippen LogP contribution in [-0.4, -0.2) is 72.7 Å². The van der Waals surface area contributed by atoms with Crippen LogP contribution >= 0.6 is 0 Å². The predicted octanol–water partition coefficient (Wildman–Crippen LogP) is 1.56. The highest BCUT2D eigenvalue weighted by molar-refractivity contribution is 5.78. The highest BCUT2D eigenvalue weighted by Crippen LogP contribution is 2.22. The third-order valence-electron chi connectivity index (χ3n) is 4.95. The first kappa shape index (κ1) is 17.2. The van der Waals surface area contributed by atoms with Gasteiger partial charge in [0.05, 0.1) is 18.8 Å². The monoisotopic (exact) mass is 333 g/mol. The normalized spacial score (nSPS) is 25.0. The Labute approximate surface area is 143 Å². The standard InChI is InChI=1S/C18H27N3O3/c1-23-17-10-15(14-24-16-6-5-7-19-11-16)21(12-17)13-18(22)20-8-3-2-4-9-20/h5-7,11,15,17H,2-4,8-10,12-14H2,1H3/t15-,17+/m0/s1. The summed E-state index contributed by atoms with van der Waals surface area (Å²) < 4.78 is 11.4. The van der Waals surface area contributed by atoms with Crippen LogP contribution in [0.1, 0.15) is 25.7 Å². The number of methoxy groups -OCH3 is 1. The lowest BCUT2D eigenvalue weighted by atomic mass is 10.1. The summed E-state index contributed by atoms with van der Waals surface area (Å²) in [6.45, 7) is 3.60. The lowest BCUT2D eigenvalue weighted by molar-refractivity contribution is -0.133. The molecule has 0 saturated carbocycles. The number of rotatable bonds is 6. The molecule has 6 heteroatoms. The fourth-order valence-corrected chi connectivity index (χ4v) is 3.52. The number of piperidine rings is 1. The van der Waals surface area contributed by atoms with Crippen molar-refractivity contribution in [3.63, 3.8) is 0 Å². The molecular weight excluding hydrogens is 306 g/mol. The molecule has 2 aliphatic heterocycles. The van der Waals surface area contributed by atoms with Gasteiger partial charge in [-0.15, -0.1) is 0 Å². The molecule has 1 aromatic heterocycles. The number of amides is 1. The van der Waals surface area contributed by atoms with E-state index in [1.54, 1.807) is 19.5 Å². The van der Waals surface area contributed by atoms with Gasteiger partial charge in [0.15, 0.2) is 0 Å². The molecule has 2 atom stereocenters. The van der Waals surface area contributed by atoms with Gasteiger partial charge in [-0.3, -0.25) is 14.7 Å². The van der Waals surface area contributed by atoms with E-state index in [1.807, 2.05) is 17.0 Å². The number of hydrogen-bond acceptors (Lipinski definition) is 5. The maximum Gasteiger partial charge on any atom is 0.236 e. The molecule has 2 saturated heterocycles. The van der Waals surface area contributed by atoms with E-state index in [0.717, 1.165) is 44.6 Å². The van der Waals surface area contributed by atoms with Crippen LogP contribution in [0.4, 0.5) is 0 Å². The van der Waals surface area contributed by atoms with Crippen molar-refractivity contribution in [2.75, 3.05) is 39.9 Å². The number of hydrogen-bond donors (Lipinski definition) is 0. The molecular formula is C18H27N3O3. The molecule has 0 aliphatic carbocycles. The van der Waals surface area contributed by atoms with Crippen molar-refractivity contribution in [3.8, 4) is 5.75 Å². The molecule has 24 heavy (non-hydrogen) atoms. The van der Waals surface area contributed by atoms with Gasteiger partial charge in [-0.05, 0) is 37.8 Å². The number of aromatic nitrogens is 1. The summed E-state index contributed by atoms with van der Waals surface area (Å²) in [7, 11) is 1.74. The molecule has 0 unspecified atom stereocenters. The zero-order chi connectivity index (χ0) is 16.8. The highest BCUT2D eigenvalue weighted by atomic mass is 16.5. The van der Waals surface area contributed by atoms with Crippen molar-refractivity contribution in [1.29, 1.82) is 0 Å². The van der Waals surface area contributed by atoms with Gasteiger partial charge in [0.2, 0.25) is 5.91 Å². The second-order valence-corrected chi connectivity index (χ2v) is 6.62. The minimum absolute atomic E-state index is 0.168. The molecule has 2 aliphatic rings. The number of nitrogens with zero attached hydrogens (tertiary/aromatic N) is 3. The molecule has 0 bridgehead atoms. The number of carbonyl (C=O) groups excluding carboxylic acids is 1. The Morgan fingerprint density at radius 1 is 1.33 bits per heavy atom. The van der Waals surface area contributed by atoms with E-state index in [1.165, 1.54) is 6.42 Å². The molecule has 1 amide bonds. The van der Waals surface area contributed by atoms with Gasteiger partial charge in [0.1, 0.15) is 12.4 Å². The van der Waals surface area contributed by atoms with E-state index in [-0.39, 0.29) is 18.1 Å². The van der Waals surface area contributed by atoms with Gasteiger partial charge < -0.3 is 14.4 Å². The summed E-state index contributed by atoms with van der Waals surface area (Å²) in [5.41, 5.74) is 0. The molecule has 132 valence electrons. The molecule has 0 spiro atoms. The molecule has 6 nitrogen and oxygen atoms in total. The predicted molar refractivity (Wildman–Crippen MR) is 90.9 cm³/mol. The van der Waals surface area contributed by atoms with Crippen molar-refractivity contribution in [2.24, 2.45) is 0 Å². The maximum absolute atomic E-state index is 12.6. The number of ether oxygens (including phenoxy) is 2. The molecule has 3 rings (SSSR count). The van der Waals surface area contributed by atoms with Crippen molar-refractivity contribution >= 4 is 5.91 Å². The molecule has 0 radical (unpaired) electrons. The van der Waals surface area contributed by atoms with E-state index in [2.05, 4.69) is 9.88 Å². The summed E-state index contributed by atoms with van der Waals surface area (Å²) in [6.07, 6.45) is 7.99.